The SMILES string of the molecule is CCC(C)(C)Nc1cc(C(F)F)c(Br)cn1.Nc1ncccc1C(F)(F)F. The van der Waals surface area contributed by atoms with Crippen molar-refractivity contribution in [3.63, 3.8) is 0 Å². The minimum atomic E-state index is -4.40. The van der Waals surface area contributed by atoms with Crippen LogP contribution in [0.1, 0.15) is 44.7 Å². The van der Waals surface area contributed by atoms with Crippen LogP contribution in [0.4, 0.5) is 33.6 Å². The van der Waals surface area contributed by atoms with Crippen LogP contribution >= 0.6 is 15.9 Å². The molecule has 0 spiro atoms. The summed E-state index contributed by atoms with van der Waals surface area (Å²) < 4.78 is 61.4. The molecule has 0 fully saturated rings. The Kier molecular flexibility index (Phi) is 7.94. The molecule has 0 amide bonds. The molecule has 10 heteroatoms. The first-order chi connectivity index (χ1) is 12.4. The zero-order valence-electron chi connectivity index (χ0n) is 14.9. The summed E-state index contributed by atoms with van der Waals surface area (Å²) in [6.07, 6.45) is -3.41. The smallest absolute Gasteiger partial charge is 0.383 e. The summed E-state index contributed by atoms with van der Waals surface area (Å²) >= 11 is 3.06. The fourth-order valence-corrected chi connectivity index (χ4v) is 2.17. The first-order valence-corrected chi connectivity index (χ1v) is 8.66. The minimum Gasteiger partial charge on any atom is -0.383 e. The van der Waals surface area contributed by atoms with Gasteiger partial charge in [-0.3, -0.25) is 0 Å². The number of halogens is 6. The highest BCUT2D eigenvalue weighted by atomic mass is 79.9. The molecule has 2 aromatic rings. The van der Waals surface area contributed by atoms with E-state index in [-0.39, 0.29) is 11.1 Å². The van der Waals surface area contributed by atoms with E-state index in [0.29, 0.717) is 10.3 Å². The molecule has 0 radical (unpaired) electrons. The second-order valence-electron chi connectivity index (χ2n) is 6.19. The summed E-state index contributed by atoms with van der Waals surface area (Å²) in [5.41, 5.74) is 3.90. The molecule has 2 aromatic heterocycles. The minimum absolute atomic E-state index is 0.0376. The van der Waals surface area contributed by atoms with Crippen LogP contribution in [0.5, 0.6) is 0 Å². The number of pyridine rings is 2. The van der Waals surface area contributed by atoms with Gasteiger partial charge in [-0.25, -0.2) is 18.7 Å². The second-order valence-corrected chi connectivity index (χ2v) is 7.04. The maximum atomic E-state index is 12.6. The van der Waals surface area contributed by atoms with Gasteiger partial charge in [0.05, 0.1) is 5.56 Å². The molecular formula is C17H20BrF5N4. The summed E-state index contributed by atoms with van der Waals surface area (Å²) in [4.78, 5) is 7.37. The molecule has 0 unspecified atom stereocenters. The van der Waals surface area contributed by atoms with E-state index in [0.717, 1.165) is 12.5 Å². The van der Waals surface area contributed by atoms with Gasteiger partial charge in [0.25, 0.3) is 6.43 Å². The molecule has 0 saturated carbocycles. The number of rotatable bonds is 4. The predicted molar refractivity (Wildman–Crippen MR) is 98.5 cm³/mol. The fourth-order valence-electron chi connectivity index (χ4n) is 1.78. The van der Waals surface area contributed by atoms with E-state index in [4.69, 9.17) is 5.73 Å². The Hall–Kier alpha value is -1.97. The van der Waals surface area contributed by atoms with Crippen molar-refractivity contribution in [2.75, 3.05) is 11.1 Å². The normalized spacial score (nSPS) is 11.8. The Morgan fingerprint density at radius 2 is 1.85 bits per heavy atom. The third kappa shape index (κ3) is 7.28. The molecule has 0 aliphatic heterocycles. The highest BCUT2D eigenvalue weighted by Crippen LogP contribution is 2.32. The summed E-state index contributed by atoms with van der Waals surface area (Å²) in [7, 11) is 0. The van der Waals surface area contributed by atoms with E-state index in [2.05, 4.69) is 31.2 Å². The zero-order chi connectivity index (χ0) is 20.8. The summed E-state index contributed by atoms with van der Waals surface area (Å²) in [6.45, 7) is 6.03. The average molecular weight is 455 g/mol. The summed E-state index contributed by atoms with van der Waals surface area (Å²) in [5, 5.41) is 3.13. The molecule has 2 rings (SSSR count). The van der Waals surface area contributed by atoms with Crippen molar-refractivity contribution in [3.8, 4) is 0 Å². The Morgan fingerprint density at radius 1 is 1.22 bits per heavy atom. The Labute approximate surface area is 162 Å². The van der Waals surface area contributed by atoms with Crippen LogP contribution in [-0.2, 0) is 6.18 Å². The molecular weight excluding hydrogens is 435 g/mol. The van der Waals surface area contributed by atoms with E-state index in [9.17, 15) is 22.0 Å². The first kappa shape index (κ1) is 23.1. The Morgan fingerprint density at radius 3 is 2.30 bits per heavy atom. The van der Waals surface area contributed by atoms with Crippen molar-refractivity contribution in [2.45, 2.75) is 45.3 Å². The molecule has 4 nitrogen and oxygen atoms in total. The second kappa shape index (κ2) is 9.29. The molecule has 3 N–H and O–H groups in total. The number of hydrogen-bond donors (Lipinski definition) is 2. The van der Waals surface area contributed by atoms with Crippen molar-refractivity contribution in [1.29, 1.82) is 0 Å². The quantitative estimate of drug-likeness (QED) is 0.550. The lowest BCUT2D eigenvalue weighted by Crippen LogP contribution is -2.30. The van der Waals surface area contributed by atoms with Crippen LogP contribution in [0.3, 0.4) is 0 Å². The van der Waals surface area contributed by atoms with Crippen LogP contribution in [0.15, 0.2) is 35.1 Å². The largest absolute Gasteiger partial charge is 0.419 e. The number of nitrogens with zero attached hydrogens (tertiary/aromatic N) is 2. The van der Waals surface area contributed by atoms with Gasteiger partial charge in [0, 0.05) is 28.0 Å². The number of alkyl halides is 5. The molecule has 0 atom stereocenters. The fraction of sp³-hybridized carbons (Fsp3) is 0.412. The van der Waals surface area contributed by atoms with Crippen LogP contribution in [-0.4, -0.2) is 15.5 Å². The third-order valence-electron chi connectivity index (χ3n) is 3.61. The molecule has 150 valence electrons. The van der Waals surface area contributed by atoms with Crippen molar-refractivity contribution in [2.24, 2.45) is 0 Å². The molecule has 0 saturated heterocycles. The highest BCUT2D eigenvalue weighted by Gasteiger charge is 2.33. The van der Waals surface area contributed by atoms with Crippen LogP contribution in [0.25, 0.3) is 0 Å². The first-order valence-electron chi connectivity index (χ1n) is 7.87. The van der Waals surface area contributed by atoms with Gasteiger partial charge in [0.15, 0.2) is 0 Å². The van der Waals surface area contributed by atoms with E-state index in [1.807, 2.05) is 20.8 Å². The van der Waals surface area contributed by atoms with Crippen molar-refractivity contribution < 1.29 is 22.0 Å². The lowest BCUT2D eigenvalue weighted by Gasteiger charge is -2.25. The number of nitrogens with two attached hydrogens (primary N) is 1. The summed E-state index contributed by atoms with van der Waals surface area (Å²) in [6, 6.07) is 3.47. The highest BCUT2D eigenvalue weighted by molar-refractivity contribution is 9.10. The van der Waals surface area contributed by atoms with Gasteiger partial charge in [-0.1, -0.05) is 6.92 Å². The standard InChI is InChI=1S/C11H15BrF2N2.C6H5F3N2/c1-4-11(2,3)16-9-5-7(10(13)14)8(12)6-15-9;7-6(8,9)4-2-1-3-11-5(4)10/h5-6,10H,4H2,1-3H3,(H,15,16);1-3H,(H2,10,11). The predicted octanol–water partition coefficient (Wildman–Crippen LogP) is 6.06. The Balaban J connectivity index is 0.000000289. The topological polar surface area (TPSA) is 63.8 Å². The van der Waals surface area contributed by atoms with Crippen molar-refractivity contribution in [3.05, 3.63) is 46.2 Å². The molecule has 27 heavy (non-hydrogen) atoms. The van der Waals surface area contributed by atoms with E-state index < -0.39 is 24.0 Å². The zero-order valence-corrected chi connectivity index (χ0v) is 16.5. The number of aromatic nitrogens is 2. The van der Waals surface area contributed by atoms with Crippen molar-refractivity contribution in [1.82, 2.24) is 9.97 Å². The summed E-state index contributed by atoms with van der Waals surface area (Å²) in [5.74, 6) is -0.00894. The number of anilines is 2. The number of nitrogen functional groups attached to an aromatic ring is 1. The number of hydrogen-bond acceptors (Lipinski definition) is 4. The van der Waals surface area contributed by atoms with Gasteiger partial charge in [-0.2, -0.15) is 13.2 Å². The van der Waals surface area contributed by atoms with E-state index >= 15 is 0 Å². The van der Waals surface area contributed by atoms with Gasteiger partial charge in [0.2, 0.25) is 0 Å². The van der Waals surface area contributed by atoms with E-state index in [1.165, 1.54) is 24.5 Å². The lowest BCUT2D eigenvalue weighted by atomic mass is 10.0. The average Bonchev–Trinajstić information content (AvgIpc) is 2.56. The molecule has 0 aliphatic carbocycles. The lowest BCUT2D eigenvalue weighted by molar-refractivity contribution is -0.137. The van der Waals surface area contributed by atoms with Crippen LogP contribution in [0.2, 0.25) is 0 Å². The molecule has 0 bridgehead atoms. The van der Waals surface area contributed by atoms with Crippen LogP contribution < -0.4 is 11.1 Å². The van der Waals surface area contributed by atoms with Crippen LogP contribution in [0, 0.1) is 0 Å². The van der Waals surface area contributed by atoms with Gasteiger partial charge in [-0.15, -0.1) is 0 Å². The van der Waals surface area contributed by atoms with Gasteiger partial charge < -0.3 is 11.1 Å². The maximum Gasteiger partial charge on any atom is 0.419 e. The van der Waals surface area contributed by atoms with Gasteiger partial charge in [-0.05, 0) is 54.4 Å². The van der Waals surface area contributed by atoms with Gasteiger partial charge in [0.1, 0.15) is 11.6 Å². The van der Waals surface area contributed by atoms with E-state index in [1.54, 1.807) is 0 Å². The van der Waals surface area contributed by atoms with Crippen molar-refractivity contribution >= 4 is 27.6 Å². The monoisotopic (exact) mass is 454 g/mol. The number of nitrogens with one attached hydrogen (secondary N) is 1. The molecule has 0 aliphatic rings. The molecule has 0 aromatic carbocycles. The molecule has 2 heterocycles. The Bertz CT molecular complexity index is 750. The third-order valence-corrected chi connectivity index (χ3v) is 4.28. The van der Waals surface area contributed by atoms with Gasteiger partial charge >= 0.3 is 6.18 Å². The maximum absolute atomic E-state index is 12.6.